The molecule has 27 heavy (non-hydrogen) atoms. The van der Waals surface area contributed by atoms with Crippen LogP contribution in [-0.4, -0.2) is 71.1 Å². The Morgan fingerprint density at radius 1 is 1.00 bits per heavy atom. The Hall–Kier alpha value is -1.59. The molecular formula is C22H33N3O2. The largest absolute Gasteiger partial charge is 0.445 e. The van der Waals surface area contributed by atoms with E-state index >= 15 is 0 Å². The number of benzene rings is 1. The fraction of sp³-hybridized carbons (Fsp3) is 0.682. The second kappa shape index (κ2) is 8.19. The van der Waals surface area contributed by atoms with Gasteiger partial charge in [0.05, 0.1) is 0 Å². The van der Waals surface area contributed by atoms with Gasteiger partial charge in [0.2, 0.25) is 0 Å². The van der Waals surface area contributed by atoms with E-state index in [0.717, 1.165) is 43.8 Å². The molecule has 3 aliphatic heterocycles. The van der Waals surface area contributed by atoms with Crippen LogP contribution in [0, 0.1) is 0 Å². The monoisotopic (exact) mass is 371 g/mol. The average molecular weight is 372 g/mol. The molecule has 2 atom stereocenters. The molecule has 0 saturated carbocycles. The summed E-state index contributed by atoms with van der Waals surface area (Å²) >= 11 is 0. The van der Waals surface area contributed by atoms with Crippen molar-refractivity contribution in [3.63, 3.8) is 0 Å². The number of hydrogen-bond donors (Lipinski definition) is 0. The summed E-state index contributed by atoms with van der Waals surface area (Å²) in [6.07, 6.45) is 5.16. The third-order valence-corrected chi connectivity index (χ3v) is 6.65. The summed E-state index contributed by atoms with van der Waals surface area (Å²) in [7, 11) is 0. The first kappa shape index (κ1) is 18.8. The van der Waals surface area contributed by atoms with Gasteiger partial charge in [-0.25, -0.2) is 4.79 Å². The summed E-state index contributed by atoms with van der Waals surface area (Å²) in [4.78, 5) is 19.6. The summed E-state index contributed by atoms with van der Waals surface area (Å²) < 4.78 is 5.49. The molecule has 3 heterocycles. The summed E-state index contributed by atoms with van der Waals surface area (Å²) in [5, 5.41) is 0. The van der Waals surface area contributed by atoms with E-state index in [1.54, 1.807) is 0 Å². The predicted octanol–water partition coefficient (Wildman–Crippen LogP) is 3.34. The number of carbonyl (C=O) groups excluding carboxylic acids is 1. The van der Waals surface area contributed by atoms with Gasteiger partial charge in [-0.15, -0.1) is 0 Å². The van der Waals surface area contributed by atoms with E-state index in [1.165, 1.54) is 25.7 Å². The number of ether oxygens (including phenoxy) is 1. The van der Waals surface area contributed by atoms with Gasteiger partial charge in [0.25, 0.3) is 0 Å². The van der Waals surface area contributed by atoms with Crippen LogP contribution >= 0.6 is 0 Å². The first-order chi connectivity index (χ1) is 13.1. The highest BCUT2D eigenvalue weighted by molar-refractivity contribution is 5.67. The van der Waals surface area contributed by atoms with Crippen molar-refractivity contribution >= 4 is 6.09 Å². The highest BCUT2D eigenvalue weighted by Crippen LogP contribution is 2.39. The molecule has 3 aliphatic rings. The number of piperidine rings is 1. The van der Waals surface area contributed by atoms with Crippen LogP contribution in [0.2, 0.25) is 0 Å². The number of rotatable bonds is 4. The molecule has 5 nitrogen and oxygen atoms in total. The molecule has 0 aromatic heterocycles. The maximum absolute atomic E-state index is 12.4. The quantitative estimate of drug-likeness (QED) is 0.813. The molecule has 2 unspecified atom stereocenters. The lowest BCUT2D eigenvalue weighted by atomic mass is 9.94. The molecule has 148 valence electrons. The Morgan fingerprint density at radius 3 is 2.22 bits per heavy atom. The SMILES string of the molecule is CC(C)N1C2CCC1CC(N1CCN(C(=O)OCc3ccccc3)CC1)C2. The number of nitrogens with zero attached hydrogens (tertiary/aromatic N) is 3. The lowest BCUT2D eigenvalue weighted by Gasteiger charge is -2.47. The molecule has 5 heteroatoms. The highest BCUT2D eigenvalue weighted by Gasteiger charge is 2.43. The molecule has 0 spiro atoms. The highest BCUT2D eigenvalue weighted by atomic mass is 16.6. The van der Waals surface area contributed by atoms with Gasteiger partial charge >= 0.3 is 6.09 Å². The van der Waals surface area contributed by atoms with E-state index in [0.29, 0.717) is 18.7 Å². The second-order valence-corrected chi connectivity index (χ2v) is 8.61. The Kier molecular flexibility index (Phi) is 5.69. The maximum Gasteiger partial charge on any atom is 0.410 e. The lowest BCUT2D eigenvalue weighted by molar-refractivity contribution is 0.0141. The van der Waals surface area contributed by atoms with E-state index in [2.05, 4.69) is 23.6 Å². The number of piperazine rings is 1. The molecule has 0 radical (unpaired) electrons. The predicted molar refractivity (Wildman–Crippen MR) is 107 cm³/mol. The smallest absolute Gasteiger partial charge is 0.410 e. The van der Waals surface area contributed by atoms with Gasteiger partial charge in [0, 0.05) is 50.3 Å². The van der Waals surface area contributed by atoms with E-state index in [4.69, 9.17) is 4.74 Å². The molecule has 0 N–H and O–H groups in total. The van der Waals surface area contributed by atoms with Crippen LogP contribution in [0.15, 0.2) is 30.3 Å². The van der Waals surface area contributed by atoms with Gasteiger partial charge in [-0.05, 0) is 45.1 Å². The number of amides is 1. The second-order valence-electron chi connectivity index (χ2n) is 8.61. The zero-order chi connectivity index (χ0) is 18.8. The molecule has 0 aliphatic carbocycles. The Bertz CT molecular complexity index is 614. The molecule has 3 saturated heterocycles. The molecule has 2 bridgehead atoms. The van der Waals surface area contributed by atoms with E-state index in [1.807, 2.05) is 35.2 Å². The van der Waals surface area contributed by atoms with Crippen molar-refractivity contribution in [3.05, 3.63) is 35.9 Å². The van der Waals surface area contributed by atoms with Crippen LogP contribution in [0.25, 0.3) is 0 Å². The average Bonchev–Trinajstić information content (AvgIpc) is 2.97. The minimum atomic E-state index is -0.173. The standard InChI is InChI=1S/C22H33N3O2/c1-17(2)25-19-8-9-20(25)15-21(14-19)23-10-12-24(13-11-23)22(26)27-16-18-6-4-3-5-7-18/h3-7,17,19-21H,8-16H2,1-2H3. The molecule has 3 fully saturated rings. The number of fused-ring (bicyclic) bond motifs is 2. The lowest BCUT2D eigenvalue weighted by Crippen LogP contribution is -2.57. The Morgan fingerprint density at radius 2 is 1.63 bits per heavy atom. The zero-order valence-electron chi connectivity index (χ0n) is 16.7. The van der Waals surface area contributed by atoms with Crippen LogP contribution in [0.3, 0.4) is 0 Å². The van der Waals surface area contributed by atoms with E-state index < -0.39 is 0 Å². The van der Waals surface area contributed by atoms with Crippen molar-refractivity contribution in [2.24, 2.45) is 0 Å². The van der Waals surface area contributed by atoms with Crippen LogP contribution < -0.4 is 0 Å². The summed E-state index contributed by atoms with van der Waals surface area (Å²) in [5.74, 6) is 0. The molecule has 1 amide bonds. The van der Waals surface area contributed by atoms with Crippen molar-refractivity contribution in [2.75, 3.05) is 26.2 Å². The van der Waals surface area contributed by atoms with Crippen LogP contribution in [0.5, 0.6) is 0 Å². The third kappa shape index (κ3) is 4.14. The van der Waals surface area contributed by atoms with Crippen LogP contribution in [-0.2, 0) is 11.3 Å². The van der Waals surface area contributed by atoms with Crippen LogP contribution in [0.4, 0.5) is 4.79 Å². The van der Waals surface area contributed by atoms with E-state index in [-0.39, 0.29) is 6.09 Å². The van der Waals surface area contributed by atoms with Gasteiger partial charge in [-0.2, -0.15) is 0 Å². The number of carbonyl (C=O) groups is 1. The summed E-state index contributed by atoms with van der Waals surface area (Å²) in [6, 6.07) is 12.8. The van der Waals surface area contributed by atoms with Gasteiger partial charge in [0.1, 0.15) is 6.61 Å². The van der Waals surface area contributed by atoms with Crippen molar-refractivity contribution in [2.45, 2.75) is 70.3 Å². The number of hydrogen-bond acceptors (Lipinski definition) is 4. The van der Waals surface area contributed by atoms with Gasteiger partial charge in [-0.1, -0.05) is 30.3 Å². The Labute approximate surface area is 163 Å². The first-order valence-electron chi connectivity index (χ1n) is 10.6. The molecule has 1 aromatic rings. The first-order valence-corrected chi connectivity index (χ1v) is 10.6. The summed E-state index contributed by atoms with van der Waals surface area (Å²) in [6.45, 7) is 8.56. The van der Waals surface area contributed by atoms with Gasteiger partial charge in [0.15, 0.2) is 0 Å². The summed E-state index contributed by atoms with van der Waals surface area (Å²) in [5.41, 5.74) is 1.04. The van der Waals surface area contributed by atoms with Crippen molar-refractivity contribution < 1.29 is 9.53 Å². The van der Waals surface area contributed by atoms with Gasteiger partial charge < -0.3 is 9.64 Å². The molecule has 4 rings (SSSR count). The minimum absolute atomic E-state index is 0.173. The van der Waals surface area contributed by atoms with Gasteiger partial charge in [-0.3, -0.25) is 9.80 Å². The van der Waals surface area contributed by atoms with Crippen molar-refractivity contribution in [1.29, 1.82) is 0 Å². The maximum atomic E-state index is 12.4. The Balaban J connectivity index is 1.24. The minimum Gasteiger partial charge on any atom is -0.445 e. The fourth-order valence-electron chi connectivity index (χ4n) is 5.41. The van der Waals surface area contributed by atoms with E-state index in [9.17, 15) is 4.79 Å². The zero-order valence-corrected chi connectivity index (χ0v) is 16.7. The normalized spacial score (nSPS) is 29.3. The van der Waals surface area contributed by atoms with Crippen molar-refractivity contribution in [1.82, 2.24) is 14.7 Å². The topological polar surface area (TPSA) is 36.0 Å². The molecular weight excluding hydrogens is 338 g/mol. The third-order valence-electron chi connectivity index (χ3n) is 6.65. The van der Waals surface area contributed by atoms with Crippen LogP contribution in [0.1, 0.15) is 45.1 Å². The van der Waals surface area contributed by atoms with Crippen molar-refractivity contribution in [3.8, 4) is 0 Å². The fourth-order valence-corrected chi connectivity index (χ4v) is 5.41. The molecule has 1 aromatic carbocycles.